The zero-order valence-electron chi connectivity index (χ0n) is 15.4. The summed E-state index contributed by atoms with van der Waals surface area (Å²) in [6.07, 6.45) is 7.03. The van der Waals surface area contributed by atoms with Crippen molar-refractivity contribution in [3.05, 3.63) is 53.6 Å². The van der Waals surface area contributed by atoms with E-state index >= 15 is 0 Å². The SMILES string of the molecule is COC12C=CC=CC1C(=O)N(c1c(C(C)C)cccc1C(C)C)C2=O. The summed E-state index contributed by atoms with van der Waals surface area (Å²) in [5.74, 6) is -0.749. The standard InChI is InChI=1S/C21H25NO3/c1-13(2)15-9-8-10-16(14(3)4)18(15)22-19(23)17-11-6-7-12-21(17,25-5)20(22)24/h6-14,17H,1-5H3. The third-order valence-corrected chi connectivity index (χ3v) is 5.15. The number of rotatable bonds is 4. The quantitative estimate of drug-likeness (QED) is 0.781. The van der Waals surface area contributed by atoms with E-state index in [0.717, 1.165) is 16.8 Å². The molecule has 1 fully saturated rings. The van der Waals surface area contributed by atoms with Gasteiger partial charge in [0, 0.05) is 7.11 Å². The first-order chi connectivity index (χ1) is 11.8. The zero-order chi connectivity index (χ0) is 18.4. The molecule has 0 bridgehead atoms. The fourth-order valence-corrected chi connectivity index (χ4v) is 3.77. The lowest BCUT2D eigenvalue weighted by Crippen LogP contribution is -2.44. The molecule has 132 valence electrons. The van der Waals surface area contributed by atoms with E-state index in [-0.39, 0.29) is 23.7 Å². The van der Waals surface area contributed by atoms with E-state index in [4.69, 9.17) is 4.74 Å². The van der Waals surface area contributed by atoms with E-state index in [2.05, 4.69) is 27.7 Å². The second-order valence-electron chi connectivity index (χ2n) is 7.29. The Kier molecular flexibility index (Phi) is 4.41. The minimum absolute atomic E-state index is 0.196. The molecule has 25 heavy (non-hydrogen) atoms. The molecule has 4 heteroatoms. The Bertz CT molecular complexity index is 749. The molecule has 2 amide bonds. The van der Waals surface area contributed by atoms with Crippen molar-refractivity contribution >= 4 is 17.5 Å². The highest BCUT2D eigenvalue weighted by molar-refractivity contribution is 6.27. The van der Waals surface area contributed by atoms with Crippen molar-refractivity contribution in [2.24, 2.45) is 5.92 Å². The Balaban J connectivity index is 2.24. The molecule has 1 aromatic rings. The van der Waals surface area contributed by atoms with Gasteiger partial charge in [-0.3, -0.25) is 9.59 Å². The number of carbonyl (C=O) groups is 2. The second kappa shape index (κ2) is 6.26. The smallest absolute Gasteiger partial charge is 0.271 e. The summed E-state index contributed by atoms with van der Waals surface area (Å²) in [5, 5.41) is 0. The van der Waals surface area contributed by atoms with Gasteiger partial charge < -0.3 is 4.74 Å². The van der Waals surface area contributed by atoms with Crippen LogP contribution in [0.4, 0.5) is 5.69 Å². The number of anilines is 1. The number of fused-ring (bicyclic) bond motifs is 1. The number of para-hydroxylation sites is 1. The number of amides is 2. The molecule has 1 heterocycles. The van der Waals surface area contributed by atoms with Crippen LogP contribution in [-0.4, -0.2) is 24.5 Å². The normalized spacial score (nSPS) is 25.4. The first-order valence-electron chi connectivity index (χ1n) is 8.77. The van der Waals surface area contributed by atoms with Crippen molar-refractivity contribution < 1.29 is 14.3 Å². The summed E-state index contributed by atoms with van der Waals surface area (Å²) in [4.78, 5) is 27.9. The maximum atomic E-state index is 13.3. The molecule has 2 aliphatic rings. The van der Waals surface area contributed by atoms with Crippen molar-refractivity contribution in [2.45, 2.75) is 45.1 Å². The van der Waals surface area contributed by atoms with Gasteiger partial charge in [0.15, 0.2) is 5.60 Å². The fraction of sp³-hybridized carbons (Fsp3) is 0.429. The van der Waals surface area contributed by atoms with Crippen LogP contribution in [0, 0.1) is 5.92 Å². The van der Waals surface area contributed by atoms with Gasteiger partial charge >= 0.3 is 0 Å². The molecule has 0 saturated carbocycles. The van der Waals surface area contributed by atoms with Gasteiger partial charge in [0.25, 0.3) is 5.91 Å². The van der Waals surface area contributed by atoms with Gasteiger partial charge in [-0.25, -0.2) is 4.90 Å². The van der Waals surface area contributed by atoms with Gasteiger partial charge in [0.1, 0.15) is 0 Å². The maximum absolute atomic E-state index is 13.3. The molecule has 0 aromatic heterocycles. The lowest BCUT2D eigenvalue weighted by atomic mass is 9.86. The second-order valence-corrected chi connectivity index (χ2v) is 7.29. The Labute approximate surface area is 149 Å². The van der Waals surface area contributed by atoms with Crippen molar-refractivity contribution in [1.82, 2.24) is 0 Å². The first-order valence-corrected chi connectivity index (χ1v) is 8.77. The molecule has 1 saturated heterocycles. The number of ether oxygens (including phenoxy) is 1. The first kappa shape index (κ1) is 17.6. The van der Waals surface area contributed by atoms with Gasteiger partial charge in [0.05, 0.1) is 11.6 Å². The predicted molar refractivity (Wildman–Crippen MR) is 98.6 cm³/mol. The highest BCUT2D eigenvalue weighted by Gasteiger charge is 2.59. The Hall–Kier alpha value is -2.20. The van der Waals surface area contributed by atoms with E-state index in [1.54, 1.807) is 24.3 Å². The molecule has 0 radical (unpaired) electrons. The minimum Gasteiger partial charge on any atom is -0.363 e. The lowest BCUT2D eigenvalue weighted by Gasteiger charge is -2.28. The predicted octanol–water partition coefficient (Wildman–Crippen LogP) is 3.93. The van der Waals surface area contributed by atoms with Crippen LogP contribution in [0.2, 0.25) is 0 Å². The van der Waals surface area contributed by atoms with Crippen LogP contribution in [0.15, 0.2) is 42.5 Å². The van der Waals surface area contributed by atoms with Crippen LogP contribution in [0.25, 0.3) is 0 Å². The molecular weight excluding hydrogens is 314 g/mol. The summed E-state index contributed by atoms with van der Waals surface area (Å²) < 4.78 is 5.59. The van der Waals surface area contributed by atoms with E-state index in [9.17, 15) is 9.59 Å². The molecule has 4 nitrogen and oxygen atoms in total. The largest absolute Gasteiger partial charge is 0.363 e. The summed E-state index contributed by atoms with van der Waals surface area (Å²) in [7, 11) is 1.49. The minimum atomic E-state index is -1.23. The monoisotopic (exact) mass is 339 g/mol. The van der Waals surface area contributed by atoms with Crippen molar-refractivity contribution in [3.63, 3.8) is 0 Å². The molecule has 0 spiro atoms. The number of nitrogens with zero attached hydrogens (tertiary/aromatic N) is 1. The Morgan fingerprint density at radius 2 is 1.64 bits per heavy atom. The molecule has 1 aromatic carbocycles. The maximum Gasteiger partial charge on any atom is 0.271 e. The van der Waals surface area contributed by atoms with Crippen LogP contribution in [0.3, 0.4) is 0 Å². The van der Waals surface area contributed by atoms with Crippen LogP contribution < -0.4 is 4.90 Å². The number of hydrogen-bond acceptors (Lipinski definition) is 3. The Morgan fingerprint density at radius 3 is 2.12 bits per heavy atom. The van der Waals surface area contributed by atoms with Gasteiger partial charge in [0.2, 0.25) is 5.91 Å². The number of benzene rings is 1. The highest BCUT2D eigenvalue weighted by atomic mass is 16.5. The van der Waals surface area contributed by atoms with E-state index in [0.29, 0.717) is 0 Å². The lowest BCUT2D eigenvalue weighted by molar-refractivity contribution is -0.134. The Morgan fingerprint density at radius 1 is 1.04 bits per heavy atom. The third-order valence-electron chi connectivity index (χ3n) is 5.15. The summed E-state index contributed by atoms with van der Waals surface area (Å²) >= 11 is 0. The fourth-order valence-electron chi connectivity index (χ4n) is 3.77. The molecule has 1 aliphatic carbocycles. The average molecular weight is 339 g/mol. The summed E-state index contributed by atoms with van der Waals surface area (Å²) in [6.45, 7) is 8.31. The molecule has 3 rings (SSSR count). The molecular formula is C21H25NO3. The van der Waals surface area contributed by atoms with E-state index in [1.807, 2.05) is 18.2 Å². The van der Waals surface area contributed by atoms with Gasteiger partial charge in [-0.1, -0.05) is 64.1 Å². The average Bonchev–Trinajstić information content (AvgIpc) is 2.82. The van der Waals surface area contributed by atoms with E-state index in [1.165, 1.54) is 12.0 Å². The van der Waals surface area contributed by atoms with Crippen LogP contribution in [0.1, 0.15) is 50.7 Å². The van der Waals surface area contributed by atoms with Crippen LogP contribution >= 0.6 is 0 Å². The highest BCUT2D eigenvalue weighted by Crippen LogP contribution is 2.44. The number of hydrogen-bond donors (Lipinski definition) is 0. The summed E-state index contributed by atoms with van der Waals surface area (Å²) in [5.41, 5.74) is 1.51. The number of carbonyl (C=O) groups excluding carboxylic acids is 2. The van der Waals surface area contributed by atoms with Gasteiger partial charge in [-0.2, -0.15) is 0 Å². The third kappa shape index (κ3) is 2.47. The molecule has 2 unspecified atom stereocenters. The number of allylic oxidation sites excluding steroid dienone is 2. The van der Waals surface area contributed by atoms with Crippen molar-refractivity contribution in [1.29, 1.82) is 0 Å². The summed E-state index contributed by atoms with van der Waals surface area (Å²) in [6, 6.07) is 6.00. The molecule has 2 atom stereocenters. The molecule has 1 aliphatic heterocycles. The molecule has 0 N–H and O–H groups in total. The van der Waals surface area contributed by atoms with Gasteiger partial charge in [-0.05, 0) is 29.0 Å². The van der Waals surface area contributed by atoms with E-state index < -0.39 is 11.5 Å². The van der Waals surface area contributed by atoms with Crippen LogP contribution in [0.5, 0.6) is 0 Å². The van der Waals surface area contributed by atoms with Crippen molar-refractivity contribution in [3.8, 4) is 0 Å². The van der Waals surface area contributed by atoms with Crippen LogP contribution in [-0.2, 0) is 14.3 Å². The van der Waals surface area contributed by atoms with Crippen molar-refractivity contribution in [2.75, 3.05) is 12.0 Å². The number of imide groups is 1. The number of methoxy groups -OCH3 is 1. The topological polar surface area (TPSA) is 46.6 Å². The zero-order valence-corrected chi connectivity index (χ0v) is 15.4. The van der Waals surface area contributed by atoms with Gasteiger partial charge in [-0.15, -0.1) is 0 Å².